The van der Waals surface area contributed by atoms with Crippen LogP contribution in [0.25, 0.3) is 0 Å². The van der Waals surface area contributed by atoms with E-state index in [-0.39, 0.29) is 33.9 Å². The molecule has 0 saturated carbocycles. The van der Waals surface area contributed by atoms with Crippen LogP contribution in [0.4, 0.5) is 10.1 Å². The Labute approximate surface area is 202 Å². The normalized spacial score (nSPS) is 15.6. The third-order valence-corrected chi connectivity index (χ3v) is 5.87. The lowest BCUT2D eigenvalue weighted by atomic mass is 9.81. The number of rotatable bonds is 4. The summed E-state index contributed by atoms with van der Waals surface area (Å²) < 4.78 is 24.8. The van der Waals surface area contributed by atoms with E-state index in [0.717, 1.165) is 25.2 Å². The van der Waals surface area contributed by atoms with Gasteiger partial charge in [0.2, 0.25) is 0 Å². The molecule has 0 fully saturated rings. The molecule has 166 valence electrons. The van der Waals surface area contributed by atoms with E-state index in [4.69, 9.17) is 20.5 Å². The van der Waals surface area contributed by atoms with Crippen LogP contribution in [0.3, 0.4) is 0 Å². The van der Waals surface area contributed by atoms with Crippen molar-refractivity contribution in [1.82, 2.24) is 0 Å². The zero-order valence-corrected chi connectivity index (χ0v) is 19.6. The van der Waals surface area contributed by atoms with Crippen LogP contribution >= 0.6 is 22.6 Å². The number of esters is 2. The molecule has 0 radical (unpaired) electrons. The van der Waals surface area contributed by atoms with E-state index >= 15 is 0 Å². The number of methoxy groups -OCH3 is 2. The number of nitriles is 2. The first-order valence-electron chi connectivity index (χ1n) is 9.35. The smallest absolute Gasteiger partial charge is 0.355 e. The van der Waals surface area contributed by atoms with E-state index in [1.54, 1.807) is 36.4 Å². The van der Waals surface area contributed by atoms with Crippen molar-refractivity contribution < 1.29 is 23.5 Å². The van der Waals surface area contributed by atoms with Gasteiger partial charge in [0.25, 0.3) is 0 Å². The van der Waals surface area contributed by atoms with Crippen molar-refractivity contribution in [3.8, 4) is 12.1 Å². The summed E-state index contributed by atoms with van der Waals surface area (Å²) in [7, 11) is 2.25. The van der Waals surface area contributed by atoms with Gasteiger partial charge >= 0.3 is 11.9 Å². The van der Waals surface area contributed by atoms with Crippen LogP contribution in [-0.4, -0.2) is 26.2 Å². The summed E-state index contributed by atoms with van der Waals surface area (Å²) in [5.41, 5.74) is 6.15. The summed E-state index contributed by atoms with van der Waals surface area (Å²) in [5.74, 6) is -3.93. The zero-order chi connectivity index (χ0) is 24.3. The highest BCUT2D eigenvalue weighted by Crippen LogP contribution is 2.44. The van der Waals surface area contributed by atoms with Gasteiger partial charge < -0.3 is 15.2 Å². The molecule has 2 aromatic rings. The minimum atomic E-state index is -1.03. The van der Waals surface area contributed by atoms with Crippen molar-refractivity contribution in [2.45, 2.75) is 5.92 Å². The number of nitrogens with two attached hydrogens (primary N) is 1. The van der Waals surface area contributed by atoms with Crippen molar-refractivity contribution in [2.75, 3.05) is 19.1 Å². The van der Waals surface area contributed by atoms with E-state index in [0.29, 0.717) is 9.13 Å². The molecule has 0 aromatic heterocycles. The second kappa shape index (κ2) is 9.71. The third-order valence-electron chi connectivity index (χ3n) is 5.01. The lowest BCUT2D eigenvalue weighted by Gasteiger charge is -2.36. The standard InChI is InChI=1S/C23H16FIN4O4/c1-32-22(30)19-18(12-6-4-3-5-7-12)14(11-27)21(28)29(20(19)23(31)33-2)17-9-15(24)13(10-26)8-16(17)25/h3-9,18H,28H2,1-2H3. The average molecular weight is 558 g/mol. The number of carbonyl (C=O) groups is 2. The minimum Gasteiger partial charge on any atom is -0.466 e. The Balaban J connectivity index is 2.46. The molecule has 2 aromatic carbocycles. The molecule has 0 bridgehead atoms. The number of benzene rings is 2. The fourth-order valence-electron chi connectivity index (χ4n) is 3.56. The van der Waals surface area contributed by atoms with Gasteiger partial charge in [0.1, 0.15) is 23.4 Å². The summed E-state index contributed by atoms with van der Waals surface area (Å²) >= 11 is 1.84. The molecular formula is C23H16FIN4O4. The van der Waals surface area contributed by atoms with Crippen molar-refractivity contribution in [3.63, 3.8) is 0 Å². The summed E-state index contributed by atoms with van der Waals surface area (Å²) in [6, 6.07) is 14.5. The van der Waals surface area contributed by atoms with E-state index < -0.39 is 23.7 Å². The summed E-state index contributed by atoms with van der Waals surface area (Å²) in [6.07, 6.45) is 0. The Morgan fingerprint density at radius 3 is 2.27 bits per heavy atom. The highest BCUT2D eigenvalue weighted by Gasteiger charge is 2.43. The van der Waals surface area contributed by atoms with Gasteiger partial charge in [0.15, 0.2) is 0 Å². The van der Waals surface area contributed by atoms with Crippen LogP contribution in [-0.2, 0) is 19.1 Å². The van der Waals surface area contributed by atoms with Gasteiger partial charge in [-0.15, -0.1) is 0 Å². The minimum absolute atomic E-state index is 0.0465. The molecule has 0 spiro atoms. The van der Waals surface area contributed by atoms with Crippen LogP contribution < -0.4 is 10.6 Å². The van der Waals surface area contributed by atoms with Crippen molar-refractivity contribution in [3.05, 3.63) is 85.6 Å². The Morgan fingerprint density at radius 2 is 1.73 bits per heavy atom. The quantitative estimate of drug-likeness (QED) is 0.448. The first-order chi connectivity index (χ1) is 15.8. The third kappa shape index (κ3) is 4.13. The molecule has 0 aliphatic carbocycles. The summed E-state index contributed by atoms with van der Waals surface area (Å²) in [4.78, 5) is 27.0. The van der Waals surface area contributed by atoms with E-state index in [1.165, 1.54) is 6.07 Å². The first-order valence-corrected chi connectivity index (χ1v) is 10.4. The molecule has 0 saturated heterocycles. The largest absolute Gasteiger partial charge is 0.466 e. The van der Waals surface area contributed by atoms with Gasteiger partial charge in [-0.2, -0.15) is 10.5 Å². The predicted octanol–water partition coefficient (Wildman–Crippen LogP) is 3.20. The number of anilines is 1. The van der Waals surface area contributed by atoms with Crippen molar-refractivity contribution in [2.24, 2.45) is 5.73 Å². The molecule has 10 heteroatoms. The average Bonchev–Trinajstić information content (AvgIpc) is 2.84. The second-order valence-corrected chi connectivity index (χ2v) is 7.89. The molecule has 0 amide bonds. The molecule has 1 aliphatic rings. The Hall–Kier alpha value is -3.90. The molecule has 8 nitrogen and oxygen atoms in total. The Bertz CT molecular complexity index is 1290. The fourth-order valence-corrected chi connectivity index (χ4v) is 4.27. The molecule has 1 atom stereocenters. The van der Waals surface area contributed by atoms with Crippen LogP contribution in [0.2, 0.25) is 0 Å². The maximum atomic E-state index is 14.6. The molecular weight excluding hydrogens is 542 g/mol. The van der Waals surface area contributed by atoms with Crippen LogP contribution in [0, 0.1) is 32.0 Å². The van der Waals surface area contributed by atoms with Crippen molar-refractivity contribution >= 4 is 40.2 Å². The lowest BCUT2D eigenvalue weighted by Crippen LogP contribution is -2.41. The van der Waals surface area contributed by atoms with Gasteiger partial charge in [-0.05, 0) is 34.2 Å². The lowest BCUT2D eigenvalue weighted by molar-refractivity contribution is -0.139. The Kier molecular flexibility index (Phi) is 6.99. The van der Waals surface area contributed by atoms with Gasteiger partial charge in [-0.3, -0.25) is 4.90 Å². The van der Waals surface area contributed by atoms with Crippen LogP contribution in [0.1, 0.15) is 17.0 Å². The number of nitrogens with zero attached hydrogens (tertiary/aromatic N) is 3. The van der Waals surface area contributed by atoms with E-state index in [1.807, 2.05) is 28.7 Å². The maximum absolute atomic E-state index is 14.6. The van der Waals surface area contributed by atoms with Gasteiger partial charge in [-0.1, -0.05) is 30.3 Å². The second-order valence-electron chi connectivity index (χ2n) is 6.73. The topological polar surface area (TPSA) is 129 Å². The van der Waals surface area contributed by atoms with E-state index in [9.17, 15) is 19.2 Å². The number of hydrogen-bond acceptors (Lipinski definition) is 8. The highest BCUT2D eigenvalue weighted by atomic mass is 127. The number of carbonyl (C=O) groups excluding carboxylic acids is 2. The monoisotopic (exact) mass is 558 g/mol. The van der Waals surface area contributed by atoms with Gasteiger partial charge in [0.05, 0.1) is 48.6 Å². The molecule has 1 unspecified atom stereocenters. The summed E-state index contributed by atoms with van der Waals surface area (Å²) in [5, 5.41) is 19.1. The molecule has 3 rings (SSSR count). The van der Waals surface area contributed by atoms with Crippen molar-refractivity contribution in [1.29, 1.82) is 10.5 Å². The van der Waals surface area contributed by atoms with Gasteiger partial charge in [0, 0.05) is 9.64 Å². The van der Waals surface area contributed by atoms with Crippen LogP contribution in [0.15, 0.2) is 65.1 Å². The maximum Gasteiger partial charge on any atom is 0.355 e. The number of ether oxygens (including phenoxy) is 2. The molecule has 1 aliphatic heterocycles. The SMILES string of the molecule is COC(=O)C1=C(C(=O)OC)N(c2cc(F)c(C#N)cc2I)C(N)=C(C#N)C1c1ccccc1. The zero-order valence-electron chi connectivity index (χ0n) is 17.4. The molecule has 1 heterocycles. The van der Waals surface area contributed by atoms with E-state index in [2.05, 4.69) is 0 Å². The highest BCUT2D eigenvalue weighted by molar-refractivity contribution is 14.1. The number of halogens is 2. The Morgan fingerprint density at radius 1 is 1.09 bits per heavy atom. The molecule has 2 N–H and O–H groups in total. The summed E-state index contributed by atoms with van der Waals surface area (Å²) in [6.45, 7) is 0. The molecule has 33 heavy (non-hydrogen) atoms. The number of allylic oxidation sites excluding steroid dienone is 1. The van der Waals surface area contributed by atoms with Crippen LogP contribution in [0.5, 0.6) is 0 Å². The fraction of sp³-hybridized carbons (Fsp3) is 0.130. The van der Waals surface area contributed by atoms with Gasteiger partial charge in [-0.25, -0.2) is 14.0 Å². The predicted molar refractivity (Wildman–Crippen MR) is 123 cm³/mol. The number of hydrogen-bond donors (Lipinski definition) is 1. The first kappa shape index (κ1) is 23.8.